The summed E-state index contributed by atoms with van der Waals surface area (Å²) < 4.78 is 8.70. The third-order valence-electron chi connectivity index (χ3n) is 5.05. The summed E-state index contributed by atoms with van der Waals surface area (Å²) in [5.41, 5.74) is 2.90. The second-order valence-corrected chi connectivity index (χ2v) is 8.03. The molecule has 8 heteroatoms. The normalized spacial score (nSPS) is 11.3. The number of hydrogen-bond acceptors (Lipinski definition) is 6. The molecule has 30 heavy (non-hydrogen) atoms. The molecule has 0 bridgehead atoms. The Bertz CT molecular complexity index is 1320. The number of fused-ring (bicyclic) bond motifs is 1. The number of thioether (sulfide) groups is 1. The molecule has 0 atom stereocenters. The predicted molar refractivity (Wildman–Crippen MR) is 117 cm³/mol. The molecule has 0 saturated heterocycles. The van der Waals surface area contributed by atoms with Crippen LogP contribution in [0.2, 0.25) is 0 Å². The van der Waals surface area contributed by atoms with Crippen LogP contribution in [0.3, 0.4) is 0 Å². The van der Waals surface area contributed by atoms with Gasteiger partial charge in [-0.25, -0.2) is 4.98 Å². The summed E-state index contributed by atoms with van der Waals surface area (Å²) in [7, 11) is 0. The van der Waals surface area contributed by atoms with Crippen LogP contribution in [0.1, 0.15) is 34.4 Å². The topological polar surface area (TPSA) is 82.9 Å². The first-order valence-corrected chi connectivity index (χ1v) is 10.7. The first kappa shape index (κ1) is 20.2. The van der Waals surface area contributed by atoms with Crippen LogP contribution in [0, 0.1) is 20.8 Å². The van der Waals surface area contributed by atoms with Crippen LogP contribution in [-0.2, 0) is 6.54 Å². The number of carbonyl (C=O) groups excluding carboxylic acids is 1. The Hall–Kier alpha value is -3.13. The zero-order valence-electron chi connectivity index (χ0n) is 17.3. The summed E-state index contributed by atoms with van der Waals surface area (Å²) >= 11 is 1.29. The Morgan fingerprint density at radius 1 is 1.17 bits per heavy atom. The lowest BCUT2D eigenvalue weighted by molar-refractivity contribution is 0.102. The highest BCUT2D eigenvalue weighted by molar-refractivity contribution is 7.99. The number of ketones is 1. The lowest BCUT2D eigenvalue weighted by atomic mass is 10.2. The van der Waals surface area contributed by atoms with Crippen LogP contribution < -0.4 is 5.56 Å². The number of aromatic nitrogens is 4. The van der Waals surface area contributed by atoms with E-state index in [2.05, 4.69) is 10.1 Å². The van der Waals surface area contributed by atoms with Crippen molar-refractivity contribution in [3.63, 3.8) is 0 Å². The quantitative estimate of drug-likeness (QED) is 0.264. The Morgan fingerprint density at radius 2 is 1.93 bits per heavy atom. The largest absolute Gasteiger partial charge is 0.360 e. The molecule has 3 heterocycles. The monoisotopic (exact) mass is 422 g/mol. The zero-order chi connectivity index (χ0) is 21.4. The van der Waals surface area contributed by atoms with Crippen LogP contribution in [0.25, 0.3) is 16.7 Å². The van der Waals surface area contributed by atoms with E-state index in [9.17, 15) is 9.59 Å². The summed E-state index contributed by atoms with van der Waals surface area (Å²) in [5.74, 6) is 1.53. The molecular weight excluding hydrogens is 400 g/mol. The van der Waals surface area contributed by atoms with E-state index < -0.39 is 0 Å². The van der Waals surface area contributed by atoms with Crippen molar-refractivity contribution >= 4 is 28.4 Å². The van der Waals surface area contributed by atoms with E-state index in [1.54, 1.807) is 10.6 Å². The van der Waals surface area contributed by atoms with Gasteiger partial charge < -0.3 is 4.52 Å². The molecule has 0 aliphatic heterocycles. The van der Waals surface area contributed by atoms with Crippen LogP contribution in [0.5, 0.6) is 0 Å². The summed E-state index contributed by atoms with van der Waals surface area (Å²) in [6, 6.07) is 11.0. The van der Waals surface area contributed by atoms with E-state index in [4.69, 9.17) is 4.52 Å². The van der Waals surface area contributed by atoms with Gasteiger partial charge in [0.15, 0.2) is 16.8 Å². The molecule has 0 fully saturated rings. The summed E-state index contributed by atoms with van der Waals surface area (Å²) in [6.45, 7) is 8.05. The molecule has 0 spiro atoms. The molecule has 0 aliphatic rings. The fourth-order valence-corrected chi connectivity index (χ4v) is 4.55. The molecule has 0 amide bonds. The second kappa shape index (κ2) is 7.95. The third kappa shape index (κ3) is 3.47. The van der Waals surface area contributed by atoms with E-state index in [1.807, 2.05) is 62.6 Å². The fourth-order valence-electron chi connectivity index (χ4n) is 3.60. The number of para-hydroxylation sites is 1. The van der Waals surface area contributed by atoms with Gasteiger partial charge in [0.1, 0.15) is 5.76 Å². The minimum atomic E-state index is -0.0855. The van der Waals surface area contributed by atoms with Gasteiger partial charge in [-0.05, 0) is 45.9 Å². The highest BCUT2D eigenvalue weighted by atomic mass is 32.2. The molecule has 1 aromatic carbocycles. The average molecular weight is 423 g/mol. The van der Waals surface area contributed by atoms with Gasteiger partial charge in [-0.15, -0.1) is 0 Å². The first-order chi connectivity index (χ1) is 14.4. The summed E-state index contributed by atoms with van der Waals surface area (Å²) in [5, 5.41) is 5.19. The Morgan fingerprint density at radius 3 is 2.63 bits per heavy atom. The summed E-state index contributed by atoms with van der Waals surface area (Å²) in [4.78, 5) is 30.4. The van der Waals surface area contributed by atoms with Crippen LogP contribution in [-0.4, -0.2) is 30.8 Å². The van der Waals surface area contributed by atoms with Gasteiger partial charge in [-0.2, -0.15) is 0 Å². The van der Waals surface area contributed by atoms with Crippen molar-refractivity contribution in [1.82, 2.24) is 19.3 Å². The molecule has 0 saturated carbocycles. The maximum absolute atomic E-state index is 13.0. The van der Waals surface area contributed by atoms with Gasteiger partial charge >= 0.3 is 0 Å². The number of carbonyl (C=O) groups is 1. The number of aryl methyl sites for hydroxylation is 2. The highest BCUT2D eigenvalue weighted by Gasteiger charge is 2.20. The van der Waals surface area contributed by atoms with Crippen molar-refractivity contribution in [1.29, 1.82) is 0 Å². The van der Waals surface area contributed by atoms with Gasteiger partial charge in [0.05, 0.1) is 16.7 Å². The molecule has 3 aromatic heterocycles. The minimum Gasteiger partial charge on any atom is -0.360 e. The molecule has 0 radical (unpaired) electrons. The minimum absolute atomic E-state index is 0.0235. The van der Waals surface area contributed by atoms with Crippen LogP contribution in [0.15, 0.2) is 50.9 Å². The highest BCUT2D eigenvalue weighted by Crippen LogP contribution is 2.24. The Balaban J connectivity index is 1.63. The van der Waals surface area contributed by atoms with Crippen molar-refractivity contribution in [2.75, 3.05) is 5.75 Å². The number of rotatable bonds is 6. The van der Waals surface area contributed by atoms with Gasteiger partial charge in [-0.3, -0.25) is 18.7 Å². The van der Waals surface area contributed by atoms with Crippen molar-refractivity contribution in [2.45, 2.75) is 39.4 Å². The molecule has 4 aromatic rings. The van der Waals surface area contributed by atoms with E-state index >= 15 is 0 Å². The van der Waals surface area contributed by atoms with Crippen molar-refractivity contribution < 1.29 is 9.32 Å². The van der Waals surface area contributed by atoms with Gasteiger partial charge in [0.2, 0.25) is 0 Å². The van der Waals surface area contributed by atoms with E-state index in [0.717, 1.165) is 11.4 Å². The van der Waals surface area contributed by atoms with Crippen LogP contribution >= 0.6 is 11.8 Å². The maximum Gasteiger partial charge on any atom is 0.262 e. The van der Waals surface area contributed by atoms with E-state index in [0.29, 0.717) is 39.7 Å². The van der Waals surface area contributed by atoms with Gasteiger partial charge in [-0.1, -0.05) is 29.1 Å². The molecule has 0 unspecified atom stereocenters. The number of hydrogen-bond donors (Lipinski definition) is 0. The predicted octanol–water partition coefficient (Wildman–Crippen LogP) is 4.10. The third-order valence-corrected chi connectivity index (χ3v) is 6.03. The number of nitrogens with zero attached hydrogens (tertiary/aromatic N) is 4. The van der Waals surface area contributed by atoms with Crippen LogP contribution in [0.4, 0.5) is 0 Å². The standard InChI is InChI=1S/C22H22N4O3S/c1-5-25-21(28)16-8-6-7-9-18(16)23-22(25)30-12-19(27)17-10-13(2)26(15(17)4)20-11-14(3)29-24-20/h6-11H,5,12H2,1-4H3. The second-order valence-electron chi connectivity index (χ2n) is 7.09. The smallest absolute Gasteiger partial charge is 0.262 e. The lowest BCUT2D eigenvalue weighted by Crippen LogP contribution is -2.22. The maximum atomic E-state index is 13.0. The molecule has 0 aliphatic carbocycles. The molecule has 154 valence electrons. The number of benzene rings is 1. The van der Waals surface area contributed by atoms with Crippen molar-refractivity contribution in [2.24, 2.45) is 0 Å². The molecular formula is C22H22N4O3S. The molecule has 7 nitrogen and oxygen atoms in total. The molecule has 0 N–H and O–H groups in total. The summed E-state index contributed by atoms with van der Waals surface area (Å²) in [6.07, 6.45) is 0. The molecule has 4 rings (SSSR count). The fraction of sp³-hybridized carbons (Fsp3) is 0.273. The Labute approximate surface area is 177 Å². The first-order valence-electron chi connectivity index (χ1n) is 9.69. The van der Waals surface area contributed by atoms with Crippen molar-refractivity contribution in [3.05, 3.63) is 69.5 Å². The number of Topliss-reactive ketones (excluding diaryl/α,β-unsaturated/α-hetero) is 1. The van der Waals surface area contributed by atoms with Crippen molar-refractivity contribution in [3.8, 4) is 5.82 Å². The van der Waals surface area contributed by atoms with Gasteiger partial charge in [0, 0.05) is 29.6 Å². The SMILES string of the molecule is CCn1c(SCC(=O)c2cc(C)n(-c3cc(C)on3)c2C)nc2ccccc2c1=O. The zero-order valence-corrected chi connectivity index (χ0v) is 18.1. The Kier molecular flexibility index (Phi) is 5.34. The lowest BCUT2D eigenvalue weighted by Gasteiger charge is -2.11. The average Bonchev–Trinajstić information content (AvgIpc) is 3.28. The van der Waals surface area contributed by atoms with E-state index in [1.165, 1.54) is 11.8 Å². The van der Waals surface area contributed by atoms with Gasteiger partial charge in [0.25, 0.3) is 5.56 Å². The van der Waals surface area contributed by atoms with E-state index in [-0.39, 0.29) is 17.1 Å².